The number of rotatable bonds is 7. The van der Waals surface area contributed by atoms with Crippen molar-refractivity contribution in [3.8, 4) is 11.1 Å². The summed E-state index contributed by atoms with van der Waals surface area (Å²) < 4.78 is 33.9. The normalized spacial score (nSPS) is 21.8. The summed E-state index contributed by atoms with van der Waals surface area (Å²) in [5.41, 5.74) is 3.72. The molecule has 2 N–H and O–H groups in total. The van der Waals surface area contributed by atoms with Crippen LogP contribution in [0.1, 0.15) is 18.4 Å². The Balaban J connectivity index is 1.21. The van der Waals surface area contributed by atoms with Crippen molar-refractivity contribution in [2.75, 3.05) is 64.5 Å². The summed E-state index contributed by atoms with van der Waals surface area (Å²) in [5.74, 6) is -0.260. The zero-order valence-electron chi connectivity index (χ0n) is 21.1. The molecule has 3 aromatic rings. The number of methoxy groups -OCH3 is 1. The van der Waals surface area contributed by atoms with E-state index in [2.05, 4.69) is 15.3 Å². The molecule has 0 bridgehead atoms. The molecular formula is C27H34FN5O4. The Labute approximate surface area is 215 Å². The molecule has 37 heavy (non-hydrogen) atoms. The second-order valence-corrected chi connectivity index (χ2v) is 10.1. The molecule has 1 atom stereocenters. The zero-order valence-corrected chi connectivity index (χ0v) is 21.1. The molecule has 0 saturated carbocycles. The highest BCUT2D eigenvalue weighted by atomic mass is 19.1. The highest BCUT2D eigenvalue weighted by Crippen LogP contribution is 2.37. The molecule has 0 amide bonds. The highest BCUT2D eigenvalue weighted by molar-refractivity contribution is 5.80. The predicted molar refractivity (Wildman–Crippen MR) is 137 cm³/mol. The van der Waals surface area contributed by atoms with E-state index < -0.39 is 12.0 Å². The van der Waals surface area contributed by atoms with Gasteiger partial charge in [-0.15, -0.1) is 0 Å². The quantitative estimate of drug-likeness (QED) is 0.467. The highest BCUT2D eigenvalue weighted by Gasteiger charge is 2.34. The molecule has 1 aromatic carbocycles. The van der Waals surface area contributed by atoms with Gasteiger partial charge in [0.25, 0.3) is 0 Å². The van der Waals surface area contributed by atoms with Crippen LogP contribution < -0.4 is 10.2 Å². The summed E-state index contributed by atoms with van der Waals surface area (Å²) in [6.45, 7) is 5.59. The van der Waals surface area contributed by atoms with Crippen LogP contribution in [-0.2, 0) is 19.8 Å². The van der Waals surface area contributed by atoms with Crippen LogP contribution >= 0.6 is 0 Å². The molecule has 6 rings (SSSR count). The number of aromatic nitrogens is 2. The Bertz CT molecular complexity index is 1230. The summed E-state index contributed by atoms with van der Waals surface area (Å²) >= 11 is 0. The number of hydrogen-bond acceptors (Lipinski definition) is 8. The van der Waals surface area contributed by atoms with Crippen molar-refractivity contribution in [1.82, 2.24) is 19.8 Å². The number of nitrogens with one attached hydrogen (secondary N) is 1. The van der Waals surface area contributed by atoms with Crippen LogP contribution in [-0.4, -0.2) is 91.7 Å². The van der Waals surface area contributed by atoms with Gasteiger partial charge in [0.2, 0.25) is 6.41 Å². The van der Waals surface area contributed by atoms with Gasteiger partial charge in [-0.1, -0.05) is 12.1 Å². The average Bonchev–Trinajstić information content (AvgIpc) is 3.35. The van der Waals surface area contributed by atoms with Crippen LogP contribution in [0.5, 0.6) is 0 Å². The Hall–Kier alpha value is -2.60. The molecule has 0 aliphatic carbocycles. The number of piperazine rings is 1. The van der Waals surface area contributed by atoms with Crippen molar-refractivity contribution in [3.63, 3.8) is 0 Å². The Morgan fingerprint density at radius 2 is 1.92 bits per heavy atom. The third-order valence-electron chi connectivity index (χ3n) is 7.98. The molecule has 0 spiro atoms. The molecule has 1 unspecified atom stereocenters. The largest absolute Gasteiger partial charge is 0.376 e. The van der Waals surface area contributed by atoms with Crippen molar-refractivity contribution >= 4 is 11.2 Å². The van der Waals surface area contributed by atoms with E-state index in [0.717, 1.165) is 61.4 Å². The summed E-state index contributed by atoms with van der Waals surface area (Å²) in [5, 5.41) is 18.2. The average molecular weight is 512 g/mol. The van der Waals surface area contributed by atoms with Gasteiger partial charge >= 0.3 is 0 Å². The molecule has 3 aliphatic heterocycles. The molecule has 9 nitrogen and oxygen atoms in total. The van der Waals surface area contributed by atoms with Crippen LogP contribution in [0.3, 0.4) is 0 Å². The minimum atomic E-state index is -0.915. The molecule has 3 saturated heterocycles. The summed E-state index contributed by atoms with van der Waals surface area (Å²) in [6.07, 6.45) is 4.34. The van der Waals surface area contributed by atoms with Crippen LogP contribution in [0.15, 0.2) is 42.7 Å². The van der Waals surface area contributed by atoms with Crippen molar-refractivity contribution in [1.29, 1.82) is 0 Å². The molecule has 10 heteroatoms. The maximum Gasteiger partial charge on any atom is 0.216 e. The lowest BCUT2D eigenvalue weighted by Crippen LogP contribution is -2.53. The predicted octanol–water partition coefficient (Wildman–Crippen LogP) is 2.18. The Morgan fingerprint density at radius 3 is 2.59 bits per heavy atom. The molecule has 3 fully saturated rings. The van der Waals surface area contributed by atoms with Gasteiger partial charge in [0.15, 0.2) is 0 Å². The monoisotopic (exact) mass is 511 g/mol. The fraction of sp³-hybridized carbons (Fsp3) is 0.519. The first-order valence-corrected chi connectivity index (χ1v) is 13.0. The third-order valence-corrected chi connectivity index (χ3v) is 7.98. The number of fused-ring (bicyclic) bond motifs is 1. The van der Waals surface area contributed by atoms with Gasteiger partial charge in [0.05, 0.1) is 30.0 Å². The Kier molecular flexibility index (Phi) is 6.87. The van der Waals surface area contributed by atoms with Gasteiger partial charge < -0.3 is 29.5 Å². The van der Waals surface area contributed by atoms with E-state index in [9.17, 15) is 5.11 Å². The van der Waals surface area contributed by atoms with Gasteiger partial charge in [-0.05, 0) is 49.7 Å². The van der Waals surface area contributed by atoms with E-state index >= 15 is 4.39 Å². The van der Waals surface area contributed by atoms with E-state index in [4.69, 9.17) is 14.2 Å². The van der Waals surface area contributed by atoms with Crippen molar-refractivity contribution in [2.24, 2.45) is 0 Å². The SMILES string of the molecule is COC1(c2ccc(-c3cc4c(N5CCN(C(O)OC6COC6)CC5)ccnn4c3)c(F)c2)CCNCC1. The minimum absolute atomic E-state index is 0.0267. The number of benzene rings is 1. The van der Waals surface area contributed by atoms with Crippen molar-refractivity contribution < 1.29 is 23.7 Å². The number of aliphatic hydroxyl groups excluding tert-OH is 1. The molecule has 198 valence electrons. The smallest absolute Gasteiger partial charge is 0.216 e. The van der Waals surface area contributed by atoms with Crippen LogP contribution in [0.4, 0.5) is 10.1 Å². The molecule has 2 aromatic heterocycles. The lowest BCUT2D eigenvalue weighted by molar-refractivity contribution is -0.262. The van der Waals surface area contributed by atoms with Gasteiger partial charge in [0.1, 0.15) is 11.9 Å². The van der Waals surface area contributed by atoms with Crippen molar-refractivity contribution in [3.05, 3.63) is 54.1 Å². The number of piperidine rings is 1. The first kappa shape index (κ1) is 24.7. The fourth-order valence-electron chi connectivity index (χ4n) is 5.62. The standard InChI is InChI=1S/C27H34FN5O4/c1-35-27(5-8-29-9-6-27)20-2-3-22(23(28)15-20)19-14-25-24(4-7-30-33(25)16-19)31-10-12-32(13-11-31)26(34)37-21-17-36-18-21/h2-4,7,14-16,21,26,29,34H,5-6,8-13,17-18H2,1H3. The third kappa shape index (κ3) is 4.73. The Morgan fingerprint density at radius 1 is 1.14 bits per heavy atom. The fourth-order valence-corrected chi connectivity index (χ4v) is 5.62. The molecule has 3 aliphatic rings. The van der Waals surface area contributed by atoms with Gasteiger partial charge in [-0.2, -0.15) is 5.10 Å². The van der Waals surface area contributed by atoms with Gasteiger partial charge in [0, 0.05) is 56.8 Å². The lowest BCUT2D eigenvalue weighted by atomic mass is 9.84. The number of anilines is 1. The molecular weight excluding hydrogens is 477 g/mol. The maximum atomic E-state index is 15.5. The topological polar surface area (TPSA) is 83.7 Å². The molecule has 5 heterocycles. The number of ether oxygens (including phenoxy) is 3. The summed E-state index contributed by atoms with van der Waals surface area (Å²) in [6, 6.07) is 9.47. The minimum Gasteiger partial charge on any atom is -0.376 e. The zero-order chi connectivity index (χ0) is 25.4. The van der Waals surface area contributed by atoms with E-state index in [1.54, 1.807) is 19.4 Å². The first-order chi connectivity index (χ1) is 18.1. The summed E-state index contributed by atoms with van der Waals surface area (Å²) in [7, 11) is 1.71. The van der Waals surface area contributed by atoms with Crippen LogP contribution in [0.2, 0.25) is 0 Å². The van der Waals surface area contributed by atoms with Gasteiger partial charge in [-0.25, -0.2) is 8.91 Å². The van der Waals surface area contributed by atoms with Gasteiger partial charge in [-0.3, -0.25) is 4.90 Å². The van der Waals surface area contributed by atoms with E-state index in [1.807, 2.05) is 39.9 Å². The number of nitrogens with zero attached hydrogens (tertiary/aromatic N) is 4. The van der Waals surface area contributed by atoms with Crippen molar-refractivity contribution in [2.45, 2.75) is 31.0 Å². The maximum absolute atomic E-state index is 15.5. The number of hydrogen-bond donors (Lipinski definition) is 2. The number of aliphatic hydroxyl groups is 1. The number of halogens is 1. The lowest BCUT2D eigenvalue weighted by Gasteiger charge is -2.39. The van der Waals surface area contributed by atoms with E-state index in [-0.39, 0.29) is 11.9 Å². The van der Waals surface area contributed by atoms with Crippen LogP contribution in [0.25, 0.3) is 16.6 Å². The second-order valence-electron chi connectivity index (χ2n) is 10.1. The van der Waals surface area contributed by atoms with E-state index in [1.165, 1.54) is 0 Å². The van der Waals surface area contributed by atoms with E-state index in [0.29, 0.717) is 31.9 Å². The first-order valence-electron chi connectivity index (χ1n) is 13.0. The van der Waals surface area contributed by atoms with Crippen LogP contribution in [0, 0.1) is 5.82 Å². The molecule has 0 radical (unpaired) electrons. The second kappa shape index (κ2) is 10.3. The summed E-state index contributed by atoms with van der Waals surface area (Å²) in [4.78, 5) is 4.21.